The molecule has 0 N–H and O–H groups in total. The van der Waals surface area contributed by atoms with Crippen molar-refractivity contribution in [3.05, 3.63) is 33.1 Å². The highest BCUT2D eigenvalue weighted by Gasteiger charge is 2.38. The summed E-state index contributed by atoms with van der Waals surface area (Å²) in [5.74, 6) is 0. The molecule has 0 aromatic carbocycles. The Kier molecular flexibility index (Phi) is 3.04. The van der Waals surface area contributed by atoms with Crippen molar-refractivity contribution >= 4 is 5.69 Å². The summed E-state index contributed by atoms with van der Waals surface area (Å²) in [6.45, 7) is 3.41. The van der Waals surface area contributed by atoms with Crippen molar-refractivity contribution in [1.82, 2.24) is 4.98 Å². The molecule has 0 radical (unpaired) electrons. The molecule has 1 fully saturated rings. The second-order valence-corrected chi connectivity index (χ2v) is 5.04. The molecule has 18 heavy (non-hydrogen) atoms. The smallest absolute Gasteiger partial charge is 0.260 e. The van der Waals surface area contributed by atoms with Crippen LogP contribution in [0, 0.1) is 40.7 Å². The third-order valence-electron chi connectivity index (χ3n) is 3.81. The van der Waals surface area contributed by atoms with Crippen LogP contribution in [0.4, 0.5) is 5.69 Å². The average molecular weight is 245 g/mol. The van der Waals surface area contributed by atoms with Gasteiger partial charge in [0.25, 0.3) is 5.69 Å². The Morgan fingerprint density at radius 3 is 2.67 bits per heavy atom. The van der Waals surface area contributed by atoms with Crippen LogP contribution >= 0.6 is 0 Å². The van der Waals surface area contributed by atoms with E-state index in [1.807, 2.05) is 0 Å². The molecular formula is C13H15N3O2. The number of aryl methyl sites for hydroxylation is 1. The fourth-order valence-corrected chi connectivity index (χ4v) is 2.48. The van der Waals surface area contributed by atoms with E-state index in [0.29, 0.717) is 23.2 Å². The standard InChI is InChI=1S/C13H15N3O2/c1-9-7-15-11(10(2)12(9)16(17)18)6-13(8-14)4-3-5-13/h7H,3-6H2,1-2H3. The summed E-state index contributed by atoms with van der Waals surface area (Å²) in [6, 6.07) is 2.34. The lowest BCUT2D eigenvalue weighted by Crippen LogP contribution is -2.30. The van der Waals surface area contributed by atoms with E-state index < -0.39 is 0 Å². The van der Waals surface area contributed by atoms with E-state index >= 15 is 0 Å². The van der Waals surface area contributed by atoms with Crippen molar-refractivity contribution in [3.8, 4) is 6.07 Å². The molecule has 0 amide bonds. The van der Waals surface area contributed by atoms with Crippen molar-refractivity contribution in [2.45, 2.75) is 39.5 Å². The van der Waals surface area contributed by atoms with Crippen LogP contribution in [0.1, 0.15) is 36.1 Å². The minimum Gasteiger partial charge on any atom is -0.260 e. The molecule has 1 aromatic heterocycles. The second kappa shape index (κ2) is 4.37. The van der Waals surface area contributed by atoms with Gasteiger partial charge < -0.3 is 0 Å². The molecule has 1 saturated carbocycles. The van der Waals surface area contributed by atoms with Gasteiger partial charge in [-0.15, -0.1) is 0 Å². The van der Waals surface area contributed by atoms with Gasteiger partial charge in [0.15, 0.2) is 0 Å². The maximum atomic E-state index is 11.0. The Hall–Kier alpha value is -1.96. The zero-order valence-electron chi connectivity index (χ0n) is 10.6. The molecule has 2 rings (SSSR count). The van der Waals surface area contributed by atoms with Crippen LogP contribution in [0.3, 0.4) is 0 Å². The minimum absolute atomic E-state index is 0.132. The number of hydrogen-bond donors (Lipinski definition) is 0. The Labute approximate surface area is 106 Å². The second-order valence-electron chi connectivity index (χ2n) is 5.04. The normalized spacial score (nSPS) is 16.7. The fraction of sp³-hybridized carbons (Fsp3) is 0.538. The first-order valence-corrected chi connectivity index (χ1v) is 6.00. The predicted octanol–water partition coefficient (Wildman–Crippen LogP) is 2.84. The summed E-state index contributed by atoms with van der Waals surface area (Å²) in [5, 5.41) is 20.2. The monoisotopic (exact) mass is 245 g/mol. The van der Waals surface area contributed by atoms with Crippen LogP contribution in [-0.2, 0) is 6.42 Å². The van der Waals surface area contributed by atoms with Gasteiger partial charge in [0, 0.05) is 23.7 Å². The minimum atomic E-state index is -0.365. The maximum absolute atomic E-state index is 11.0. The third kappa shape index (κ3) is 1.94. The summed E-state index contributed by atoms with van der Waals surface area (Å²) in [4.78, 5) is 14.9. The fourth-order valence-electron chi connectivity index (χ4n) is 2.48. The van der Waals surface area contributed by atoms with Gasteiger partial charge in [-0.05, 0) is 26.7 Å². The van der Waals surface area contributed by atoms with Crippen molar-refractivity contribution < 1.29 is 4.92 Å². The van der Waals surface area contributed by atoms with E-state index in [0.717, 1.165) is 19.3 Å². The van der Waals surface area contributed by atoms with E-state index in [2.05, 4.69) is 11.1 Å². The maximum Gasteiger partial charge on any atom is 0.278 e. The zero-order valence-corrected chi connectivity index (χ0v) is 10.6. The third-order valence-corrected chi connectivity index (χ3v) is 3.81. The number of nitriles is 1. The molecular weight excluding hydrogens is 230 g/mol. The van der Waals surface area contributed by atoms with E-state index in [1.165, 1.54) is 6.20 Å². The van der Waals surface area contributed by atoms with Gasteiger partial charge in [0.2, 0.25) is 0 Å². The van der Waals surface area contributed by atoms with Gasteiger partial charge >= 0.3 is 0 Å². The first kappa shape index (κ1) is 12.5. The Balaban J connectivity index is 2.38. The average Bonchev–Trinajstić information content (AvgIpc) is 2.26. The topological polar surface area (TPSA) is 79.8 Å². The Morgan fingerprint density at radius 1 is 1.56 bits per heavy atom. The van der Waals surface area contributed by atoms with Crippen molar-refractivity contribution in [3.63, 3.8) is 0 Å². The lowest BCUT2D eigenvalue weighted by atomic mass is 9.67. The van der Waals surface area contributed by atoms with Gasteiger partial charge in [-0.25, -0.2) is 0 Å². The first-order valence-electron chi connectivity index (χ1n) is 6.00. The van der Waals surface area contributed by atoms with Crippen LogP contribution in [0.15, 0.2) is 6.20 Å². The van der Waals surface area contributed by atoms with Crippen molar-refractivity contribution in [2.24, 2.45) is 5.41 Å². The van der Waals surface area contributed by atoms with Crippen LogP contribution in [-0.4, -0.2) is 9.91 Å². The number of nitro groups is 1. The highest BCUT2D eigenvalue weighted by Crippen LogP contribution is 2.43. The quantitative estimate of drug-likeness (QED) is 0.605. The molecule has 0 spiro atoms. The molecule has 1 aliphatic carbocycles. The van der Waals surface area contributed by atoms with Gasteiger partial charge in [-0.2, -0.15) is 5.26 Å². The first-order chi connectivity index (χ1) is 8.49. The summed E-state index contributed by atoms with van der Waals surface area (Å²) in [6.07, 6.45) is 4.85. The van der Waals surface area contributed by atoms with Gasteiger partial charge in [0.1, 0.15) is 0 Å². The van der Waals surface area contributed by atoms with E-state index in [9.17, 15) is 15.4 Å². The number of pyridine rings is 1. The number of aromatic nitrogens is 1. The molecule has 1 heterocycles. The van der Waals surface area contributed by atoms with Crippen LogP contribution in [0.5, 0.6) is 0 Å². The van der Waals surface area contributed by atoms with E-state index in [1.54, 1.807) is 13.8 Å². The van der Waals surface area contributed by atoms with Gasteiger partial charge in [-0.1, -0.05) is 6.42 Å². The van der Waals surface area contributed by atoms with E-state index in [4.69, 9.17) is 0 Å². The Bertz CT molecular complexity index is 542. The van der Waals surface area contributed by atoms with Gasteiger partial charge in [-0.3, -0.25) is 15.1 Å². The SMILES string of the molecule is Cc1cnc(CC2(C#N)CCC2)c(C)c1[N+](=O)[O-]. The summed E-state index contributed by atoms with van der Waals surface area (Å²) >= 11 is 0. The van der Waals surface area contributed by atoms with Crippen molar-refractivity contribution in [2.75, 3.05) is 0 Å². The largest absolute Gasteiger partial charge is 0.278 e. The molecule has 0 saturated heterocycles. The highest BCUT2D eigenvalue weighted by molar-refractivity contribution is 5.47. The summed E-state index contributed by atoms with van der Waals surface area (Å²) in [5.41, 5.74) is 1.64. The van der Waals surface area contributed by atoms with Crippen LogP contribution in [0.25, 0.3) is 0 Å². The molecule has 1 aliphatic rings. The summed E-state index contributed by atoms with van der Waals surface area (Å²) < 4.78 is 0. The number of hydrogen-bond acceptors (Lipinski definition) is 4. The zero-order chi connectivity index (χ0) is 13.3. The Morgan fingerprint density at radius 2 is 2.22 bits per heavy atom. The van der Waals surface area contributed by atoms with E-state index in [-0.39, 0.29) is 16.0 Å². The van der Waals surface area contributed by atoms with Gasteiger partial charge in [0.05, 0.1) is 22.1 Å². The highest BCUT2D eigenvalue weighted by atomic mass is 16.6. The molecule has 0 unspecified atom stereocenters. The van der Waals surface area contributed by atoms with Crippen LogP contribution < -0.4 is 0 Å². The van der Waals surface area contributed by atoms with Crippen molar-refractivity contribution in [1.29, 1.82) is 5.26 Å². The molecule has 94 valence electrons. The molecule has 5 heteroatoms. The molecule has 0 aliphatic heterocycles. The predicted molar refractivity (Wildman–Crippen MR) is 66.0 cm³/mol. The lowest BCUT2D eigenvalue weighted by molar-refractivity contribution is -0.386. The molecule has 5 nitrogen and oxygen atoms in total. The lowest BCUT2D eigenvalue weighted by Gasteiger charge is -2.35. The summed E-state index contributed by atoms with van der Waals surface area (Å²) in [7, 11) is 0. The van der Waals surface area contributed by atoms with Crippen LogP contribution in [0.2, 0.25) is 0 Å². The number of nitrogens with zero attached hydrogens (tertiary/aromatic N) is 3. The molecule has 0 atom stereocenters. The molecule has 1 aromatic rings. The number of rotatable bonds is 3. The molecule has 0 bridgehead atoms.